The smallest absolute Gasteiger partial charge is 0.192 e. The van der Waals surface area contributed by atoms with Crippen LogP contribution in [-0.4, -0.2) is 41.5 Å². The first-order valence-corrected chi connectivity index (χ1v) is 9.40. The largest absolute Gasteiger partial charge is 0.355 e. The lowest BCUT2D eigenvalue weighted by Gasteiger charge is -2.10. The summed E-state index contributed by atoms with van der Waals surface area (Å²) in [4.78, 5) is 31.8. The molecule has 0 saturated carbocycles. The first kappa shape index (κ1) is 19.0. The van der Waals surface area contributed by atoms with Crippen LogP contribution in [0.4, 0.5) is 0 Å². The molecule has 1 atom stereocenters. The molecule has 0 aliphatic heterocycles. The van der Waals surface area contributed by atoms with Crippen molar-refractivity contribution in [1.82, 2.24) is 24.7 Å². The van der Waals surface area contributed by atoms with Gasteiger partial charge >= 0.3 is 0 Å². The van der Waals surface area contributed by atoms with Gasteiger partial charge in [0.05, 0.1) is 10.9 Å². The molecule has 0 spiro atoms. The molecular weight excluding hydrogens is 362 g/mol. The first-order chi connectivity index (χ1) is 12.8. The molecule has 1 unspecified atom stereocenters. The molecule has 0 saturated heterocycles. The Morgan fingerprint density at radius 3 is 2.44 bits per heavy atom. The molecule has 0 fully saturated rings. The van der Waals surface area contributed by atoms with Gasteiger partial charge in [-0.2, -0.15) is 0 Å². The Hall–Kier alpha value is -2.74. The molecule has 3 rings (SSSR count). The molecule has 0 aliphatic rings. The third-order valence-corrected chi connectivity index (χ3v) is 5.59. The molecule has 0 amide bonds. The maximum atomic E-state index is 12.9. The maximum absolute atomic E-state index is 12.9. The molecule has 3 aromatic rings. The Kier molecular flexibility index (Phi) is 5.27. The van der Waals surface area contributed by atoms with E-state index in [-0.39, 0.29) is 16.8 Å². The average Bonchev–Trinajstić information content (AvgIpc) is 3.14. The van der Waals surface area contributed by atoms with Crippen LogP contribution >= 0.6 is 11.8 Å². The number of aryl methyl sites for hydroxylation is 1. The Bertz CT molecular complexity index is 1010. The minimum Gasteiger partial charge on any atom is -0.355 e. The first-order valence-electron chi connectivity index (χ1n) is 8.52. The van der Waals surface area contributed by atoms with Gasteiger partial charge in [-0.3, -0.25) is 14.6 Å². The number of nitrogens with zero attached hydrogens (tertiary/aromatic N) is 4. The number of pyridine rings is 1. The fraction of sp³-hybridized carbons (Fsp3) is 0.316. The van der Waals surface area contributed by atoms with E-state index in [2.05, 4.69) is 20.2 Å². The third-order valence-electron chi connectivity index (χ3n) is 4.46. The van der Waals surface area contributed by atoms with Crippen LogP contribution < -0.4 is 0 Å². The lowest BCUT2D eigenvalue weighted by atomic mass is 10.0. The number of Topliss-reactive ketones (excluding diaryl/α,β-unsaturated/α-hetero) is 2. The summed E-state index contributed by atoms with van der Waals surface area (Å²) in [5.41, 5.74) is 3.41. The molecule has 0 bridgehead atoms. The Balaban J connectivity index is 1.83. The van der Waals surface area contributed by atoms with Crippen molar-refractivity contribution in [3.63, 3.8) is 0 Å². The van der Waals surface area contributed by atoms with Crippen molar-refractivity contribution < 1.29 is 9.59 Å². The van der Waals surface area contributed by atoms with Crippen LogP contribution in [-0.2, 0) is 7.05 Å². The van der Waals surface area contributed by atoms with Crippen molar-refractivity contribution in [2.24, 2.45) is 7.05 Å². The van der Waals surface area contributed by atoms with Crippen molar-refractivity contribution in [2.75, 3.05) is 0 Å². The van der Waals surface area contributed by atoms with Crippen LogP contribution in [0, 0.1) is 13.8 Å². The van der Waals surface area contributed by atoms with Crippen LogP contribution in [0.25, 0.3) is 11.4 Å². The summed E-state index contributed by atoms with van der Waals surface area (Å²) in [5.74, 6) is 0.600. The van der Waals surface area contributed by atoms with Gasteiger partial charge in [-0.05, 0) is 45.4 Å². The third kappa shape index (κ3) is 3.57. The Morgan fingerprint density at radius 2 is 1.85 bits per heavy atom. The van der Waals surface area contributed by atoms with Gasteiger partial charge in [0.25, 0.3) is 0 Å². The van der Waals surface area contributed by atoms with E-state index >= 15 is 0 Å². The molecule has 3 aromatic heterocycles. The van der Waals surface area contributed by atoms with Crippen LogP contribution in [0.1, 0.15) is 46.0 Å². The van der Waals surface area contributed by atoms with Crippen molar-refractivity contribution in [2.45, 2.75) is 38.1 Å². The highest BCUT2D eigenvalue weighted by atomic mass is 32.2. The molecular formula is C19H21N5O2S. The van der Waals surface area contributed by atoms with Crippen molar-refractivity contribution in [1.29, 1.82) is 0 Å². The van der Waals surface area contributed by atoms with Gasteiger partial charge in [0.1, 0.15) is 0 Å². The normalized spacial score (nSPS) is 12.2. The number of carbonyl (C=O) groups is 2. The molecule has 140 valence electrons. The van der Waals surface area contributed by atoms with Crippen LogP contribution in [0.5, 0.6) is 0 Å². The van der Waals surface area contributed by atoms with Crippen molar-refractivity contribution in [3.05, 3.63) is 47.0 Å². The summed E-state index contributed by atoms with van der Waals surface area (Å²) in [7, 11) is 1.87. The number of hydrogen-bond acceptors (Lipinski definition) is 6. The van der Waals surface area contributed by atoms with Crippen molar-refractivity contribution in [3.8, 4) is 11.4 Å². The van der Waals surface area contributed by atoms with E-state index in [1.807, 2.05) is 37.6 Å². The molecule has 7 nitrogen and oxygen atoms in total. The fourth-order valence-electron chi connectivity index (χ4n) is 3.11. The Labute approximate surface area is 161 Å². The molecule has 0 aliphatic carbocycles. The topological polar surface area (TPSA) is 93.5 Å². The number of carbonyl (C=O) groups excluding carboxylic acids is 2. The highest BCUT2D eigenvalue weighted by Gasteiger charge is 2.25. The molecule has 3 heterocycles. The second-order valence-corrected chi connectivity index (χ2v) is 7.71. The highest BCUT2D eigenvalue weighted by molar-refractivity contribution is 8.00. The number of aromatic nitrogens is 5. The van der Waals surface area contributed by atoms with Gasteiger partial charge in [-0.25, -0.2) is 0 Å². The SMILES string of the molecule is CC(=O)c1c(C)[nH]c(C(=O)C(C)Sc2nnc(-c3ccncc3)n2C)c1C. The minimum atomic E-state index is -0.380. The number of aromatic amines is 1. The zero-order valence-corrected chi connectivity index (χ0v) is 16.7. The highest BCUT2D eigenvalue weighted by Crippen LogP contribution is 2.28. The number of thioether (sulfide) groups is 1. The zero-order chi connectivity index (χ0) is 19.7. The summed E-state index contributed by atoms with van der Waals surface area (Å²) in [5, 5.41) is 8.72. The quantitative estimate of drug-likeness (QED) is 0.518. The fourth-order valence-corrected chi connectivity index (χ4v) is 3.98. The van der Waals surface area contributed by atoms with E-state index in [0.717, 1.165) is 11.3 Å². The van der Waals surface area contributed by atoms with E-state index in [1.165, 1.54) is 18.7 Å². The van der Waals surface area contributed by atoms with E-state index in [4.69, 9.17) is 0 Å². The summed E-state index contributed by atoms with van der Waals surface area (Å²) < 4.78 is 1.86. The number of nitrogens with one attached hydrogen (secondary N) is 1. The predicted molar refractivity (Wildman–Crippen MR) is 104 cm³/mol. The second-order valence-electron chi connectivity index (χ2n) is 6.41. The van der Waals surface area contributed by atoms with Gasteiger partial charge in [0.2, 0.25) is 0 Å². The monoisotopic (exact) mass is 383 g/mol. The molecule has 27 heavy (non-hydrogen) atoms. The van der Waals surface area contributed by atoms with Crippen molar-refractivity contribution >= 4 is 23.3 Å². The van der Waals surface area contributed by atoms with E-state index in [1.54, 1.807) is 19.3 Å². The van der Waals surface area contributed by atoms with Gasteiger partial charge in [0.15, 0.2) is 22.5 Å². The summed E-state index contributed by atoms with van der Waals surface area (Å²) in [6.07, 6.45) is 3.40. The number of H-pyrrole nitrogens is 1. The van der Waals surface area contributed by atoms with Gasteiger partial charge in [-0.1, -0.05) is 11.8 Å². The van der Waals surface area contributed by atoms with Crippen LogP contribution in [0.3, 0.4) is 0 Å². The summed E-state index contributed by atoms with van der Waals surface area (Å²) in [6.45, 7) is 6.95. The van der Waals surface area contributed by atoms with Gasteiger partial charge < -0.3 is 9.55 Å². The standard InChI is InChI=1S/C19H21N5O2S/c1-10-15(12(3)25)11(2)21-16(10)17(26)13(4)27-19-23-22-18(24(19)5)14-6-8-20-9-7-14/h6-9,13,21H,1-5H3. The maximum Gasteiger partial charge on any atom is 0.192 e. The lowest BCUT2D eigenvalue weighted by Crippen LogP contribution is -2.16. The molecule has 1 N–H and O–H groups in total. The summed E-state index contributed by atoms with van der Waals surface area (Å²) >= 11 is 1.34. The van der Waals surface area contributed by atoms with Gasteiger partial charge in [0, 0.05) is 36.3 Å². The molecule has 0 aromatic carbocycles. The lowest BCUT2D eigenvalue weighted by molar-refractivity contribution is 0.0988. The summed E-state index contributed by atoms with van der Waals surface area (Å²) in [6, 6.07) is 3.72. The zero-order valence-electron chi connectivity index (χ0n) is 15.9. The Morgan fingerprint density at radius 1 is 1.19 bits per heavy atom. The van der Waals surface area contributed by atoms with E-state index in [9.17, 15) is 9.59 Å². The number of hydrogen-bond donors (Lipinski definition) is 1. The predicted octanol–water partition coefficient (Wildman–Crippen LogP) is 3.39. The van der Waals surface area contributed by atoms with Gasteiger partial charge in [-0.15, -0.1) is 10.2 Å². The molecule has 8 heteroatoms. The minimum absolute atomic E-state index is 0.0455. The molecule has 0 radical (unpaired) electrons. The number of ketones is 2. The van der Waals surface area contributed by atoms with E-state index < -0.39 is 0 Å². The van der Waals surface area contributed by atoms with Crippen LogP contribution in [0.15, 0.2) is 29.7 Å². The van der Waals surface area contributed by atoms with E-state index in [0.29, 0.717) is 27.8 Å². The second kappa shape index (κ2) is 7.48. The average molecular weight is 383 g/mol. The van der Waals surface area contributed by atoms with Crippen LogP contribution in [0.2, 0.25) is 0 Å². The number of rotatable bonds is 6.